The molecule has 0 fully saturated rings. The largest absolute Gasteiger partial charge is 0.274 e. The highest BCUT2D eigenvalue weighted by Crippen LogP contribution is 2.14. The number of rotatable bonds is 11. The second kappa shape index (κ2) is 11.2. The van der Waals surface area contributed by atoms with E-state index in [1.165, 1.54) is 24.4 Å². The van der Waals surface area contributed by atoms with Crippen LogP contribution in [0.15, 0.2) is 0 Å². The lowest BCUT2D eigenvalue weighted by atomic mass is 9.97. The summed E-state index contributed by atoms with van der Waals surface area (Å²) in [6, 6.07) is 0. The van der Waals surface area contributed by atoms with Gasteiger partial charge in [0.15, 0.2) is 0 Å². The number of amides is 1. The fraction of sp³-hybridized carbons (Fsp3) is 0.929. The lowest BCUT2D eigenvalue weighted by molar-refractivity contribution is -0.143. The first-order valence-electron chi connectivity index (χ1n) is 7.70. The van der Waals surface area contributed by atoms with E-state index in [9.17, 15) is 4.79 Å². The van der Waals surface area contributed by atoms with E-state index in [1.807, 2.05) is 13.8 Å². The molecule has 114 valence electrons. The third-order valence-corrected chi connectivity index (χ3v) is 3.44. The lowest BCUT2D eigenvalue weighted by Crippen LogP contribution is -2.57. The number of nitrogens with two attached hydrogens (primary N) is 1. The summed E-state index contributed by atoms with van der Waals surface area (Å²) >= 11 is 0. The number of hydrazine groups is 3. The molecule has 0 radical (unpaired) electrons. The number of nitrogens with one attached hydrogen (secondary N) is 1. The fourth-order valence-corrected chi connectivity index (χ4v) is 2.05. The molecule has 0 aliphatic rings. The van der Waals surface area contributed by atoms with Crippen molar-refractivity contribution in [3.05, 3.63) is 0 Å². The van der Waals surface area contributed by atoms with E-state index in [-0.39, 0.29) is 11.8 Å². The minimum atomic E-state index is 0.0877. The van der Waals surface area contributed by atoms with Gasteiger partial charge >= 0.3 is 0 Å². The third kappa shape index (κ3) is 7.50. The minimum Gasteiger partial charge on any atom is -0.274 e. The minimum absolute atomic E-state index is 0.0877. The number of nitrogens with zero attached hydrogens (tertiary/aromatic N) is 2. The number of carbonyl (C=O) groups excluding carboxylic acids is 1. The first-order valence-corrected chi connectivity index (χ1v) is 7.70. The van der Waals surface area contributed by atoms with Gasteiger partial charge in [0.2, 0.25) is 5.91 Å². The van der Waals surface area contributed by atoms with Crippen LogP contribution in [0.4, 0.5) is 0 Å². The highest BCUT2D eigenvalue weighted by molar-refractivity contribution is 5.77. The van der Waals surface area contributed by atoms with Gasteiger partial charge in [-0.25, -0.2) is 0 Å². The van der Waals surface area contributed by atoms with Crippen LogP contribution in [-0.4, -0.2) is 29.2 Å². The first-order chi connectivity index (χ1) is 9.10. The molecule has 0 aliphatic carbocycles. The van der Waals surface area contributed by atoms with Gasteiger partial charge in [0.05, 0.1) is 0 Å². The van der Waals surface area contributed by atoms with E-state index >= 15 is 0 Å². The number of carbonyl (C=O) groups is 1. The van der Waals surface area contributed by atoms with Gasteiger partial charge in [-0.05, 0) is 26.7 Å². The summed E-state index contributed by atoms with van der Waals surface area (Å²) in [6.07, 6.45) is 6.68. The Morgan fingerprint density at radius 2 is 1.79 bits per heavy atom. The van der Waals surface area contributed by atoms with Crippen molar-refractivity contribution < 1.29 is 4.79 Å². The van der Waals surface area contributed by atoms with Crippen molar-refractivity contribution in [2.75, 3.05) is 13.1 Å². The molecule has 3 N–H and O–H groups in total. The number of hydrogen-bond acceptors (Lipinski definition) is 4. The van der Waals surface area contributed by atoms with E-state index in [2.05, 4.69) is 19.3 Å². The predicted molar refractivity (Wildman–Crippen MR) is 79.6 cm³/mol. The van der Waals surface area contributed by atoms with Crippen molar-refractivity contribution in [3.8, 4) is 0 Å². The Hall–Kier alpha value is -0.650. The van der Waals surface area contributed by atoms with E-state index in [1.54, 1.807) is 5.12 Å². The van der Waals surface area contributed by atoms with Crippen LogP contribution in [0, 0.1) is 5.92 Å². The van der Waals surface area contributed by atoms with Crippen LogP contribution in [-0.2, 0) is 4.79 Å². The van der Waals surface area contributed by atoms with Crippen molar-refractivity contribution in [3.63, 3.8) is 0 Å². The van der Waals surface area contributed by atoms with Gasteiger partial charge in [-0.3, -0.25) is 16.1 Å². The Labute approximate surface area is 118 Å². The molecule has 5 nitrogen and oxygen atoms in total. The zero-order valence-corrected chi connectivity index (χ0v) is 13.1. The fourth-order valence-electron chi connectivity index (χ4n) is 2.05. The Morgan fingerprint density at radius 3 is 2.26 bits per heavy atom. The zero-order chi connectivity index (χ0) is 14.7. The molecule has 0 heterocycles. The van der Waals surface area contributed by atoms with Crippen LogP contribution in [0.3, 0.4) is 0 Å². The molecule has 0 spiro atoms. The molecule has 1 amide bonds. The van der Waals surface area contributed by atoms with E-state index in [0.29, 0.717) is 13.1 Å². The Morgan fingerprint density at radius 1 is 1.11 bits per heavy atom. The van der Waals surface area contributed by atoms with Gasteiger partial charge in [-0.15, -0.1) is 5.12 Å². The summed E-state index contributed by atoms with van der Waals surface area (Å²) < 4.78 is 0. The van der Waals surface area contributed by atoms with Crippen molar-refractivity contribution in [2.45, 2.75) is 66.2 Å². The molecule has 19 heavy (non-hydrogen) atoms. The summed E-state index contributed by atoms with van der Waals surface area (Å²) in [5.41, 5.74) is 2.90. The number of hydrogen-bond donors (Lipinski definition) is 2. The van der Waals surface area contributed by atoms with Gasteiger partial charge in [-0.1, -0.05) is 39.5 Å². The Bertz CT molecular complexity index is 235. The first kappa shape index (κ1) is 18.4. The molecule has 0 aliphatic heterocycles. The third-order valence-electron chi connectivity index (χ3n) is 3.44. The van der Waals surface area contributed by atoms with Crippen LogP contribution in [0.2, 0.25) is 0 Å². The lowest BCUT2D eigenvalue weighted by Gasteiger charge is -2.30. The monoisotopic (exact) mass is 272 g/mol. The summed E-state index contributed by atoms with van der Waals surface area (Å²) in [4.78, 5) is 12.2. The van der Waals surface area contributed by atoms with Crippen LogP contribution in [0.5, 0.6) is 0 Å². The van der Waals surface area contributed by atoms with Crippen LogP contribution < -0.4 is 11.3 Å². The maximum atomic E-state index is 12.2. The van der Waals surface area contributed by atoms with Gasteiger partial charge in [0.1, 0.15) is 0 Å². The molecule has 0 saturated carbocycles. The van der Waals surface area contributed by atoms with Gasteiger partial charge in [-0.2, -0.15) is 5.12 Å². The quantitative estimate of drug-likeness (QED) is 0.344. The molecular formula is C14H32N4O. The Balaban J connectivity index is 4.18. The van der Waals surface area contributed by atoms with Crippen LogP contribution in [0.25, 0.3) is 0 Å². The van der Waals surface area contributed by atoms with Crippen molar-refractivity contribution in [1.29, 1.82) is 0 Å². The highest BCUT2D eigenvalue weighted by Gasteiger charge is 2.19. The van der Waals surface area contributed by atoms with Gasteiger partial charge < -0.3 is 0 Å². The highest BCUT2D eigenvalue weighted by atomic mass is 16.2. The maximum absolute atomic E-state index is 12.2. The number of unbranched alkanes of at least 4 members (excludes halogenated alkanes) is 3. The molecule has 1 unspecified atom stereocenters. The summed E-state index contributed by atoms with van der Waals surface area (Å²) in [6.45, 7) is 9.53. The average molecular weight is 272 g/mol. The Kier molecular flexibility index (Phi) is 10.8. The topological polar surface area (TPSA) is 61.6 Å². The van der Waals surface area contributed by atoms with E-state index in [4.69, 9.17) is 5.84 Å². The smallest absolute Gasteiger partial charge is 0.238 e. The second-order valence-corrected chi connectivity index (χ2v) is 4.90. The van der Waals surface area contributed by atoms with Crippen molar-refractivity contribution >= 4 is 5.91 Å². The molecule has 0 aromatic heterocycles. The summed E-state index contributed by atoms with van der Waals surface area (Å²) in [7, 11) is 0. The average Bonchev–Trinajstić information content (AvgIpc) is 2.43. The standard InChI is InChI=1S/C14H32N4O/c1-5-9-10-11-12-13(6-2)14(19)16-18(8-4)17(15)7-3/h13H,5-12,15H2,1-4H3,(H,16,19). The molecule has 1 atom stereocenters. The SMILES string of the molecule is CCCCCCC(CC)C(=O)NN(CC)N(N)CC. The van der Waals surface area contributed by atoms with E-state index in [0.717, 1.165) is 19.3 Å². The van der Waals surface area contributed by atoms with Gasteiger partial charge in [0.25, 0.3) is 0 Å². The summed E-state index contributed by atoms with van der Waals surface area (Å²) in [5.74, 6) is 5.98. The molecule has 0 rings (SSSR count). The van der Waals surface area contributed by atoms with Gasteiger partial charge in [0, 0.05) is 19.0 Å². The molecule has 5 heteroatoms. The van der Waals surface area contributed by atoms with Crippen LogP contribution in [0.1, 0.15) is 66.2 Å². The second-order valence-electron chi connectivity index (χ2n) is 4.90. The molecule has 0 aromatic rings. The summed E-state index contributed by atoms with van der Waals surface area (Å²) in [5, 5.41) is 3.21. The van der Waals surface area contributed by atoms with Crippen LogP contribution >= 0.6 is 0 Å². The molecule has 0 bridgehead atoms. The zero-order valence-electron chi connectivity index (χ0n) is 13.1. The normalized spacial score (nSPS) is 13.0. The van der Waals surface area contributed by atoms with Crippen molar-refractivity contribution in [2.24, 2.45) is 11.8 Å². The van der Waals surface area contributed by atoms with E-state index < -0.39 is 0 Å². The molecular weight excluding hydrogens is 240 g/mol. The van der Waals surface area contributed by atoms with Crippen molar-refractivity contribution in [1.82, 2.24) is 15.7 Å². The predicted octanol–water partition coefficient (Wildman–Crippen LogP) is 2.45. The molecule has 0 saturated heterocycles. The maximum Gasteiger partial charge on any atom is 0.238 e. The molecule has 0 aromatic carbocycles.